The van der Waals surface area contributed by atoms with E-state index >= 15 is 0 Å². The van der Waals surface area contributed by atoms with Crippen LogP contribution < -0.4 is 5.73 Å². The Morgan fingerprint density at radius 2 is 1.85 bits per heavy atom. The van der Waals surface area contributed by atoms with Gasteiger partial charge in [0.25, 0.3) is 0 Å². The van der Waals surface area contributed by atoms with Gasteiger partial charge in [0.2, 0.25) is 5.91 Å². The normalized spacial score (nSPS) is 17.8. The van der Waals surface area contributed by atoms with E-state index in [2.05, 4.69) is 4.90 Å². The van der Waals surface area contributed by atoms with E-state index in [9.17, 15) is 4.79 Å². The largest absolute Gasteiger partial charge is 0.392 e. The molecule has 0 saturated carbocycles. The number of nitrogens with zero attached hydrogens (tertiary/aromatic N) is 2. The lowest BCUT2D eigenvalue weighted by molar-refractivity contribution is -0.132. The van der Waals surface area contributed by atoms with E-state index in [-0.39, 0.29) is 11.9 Å². The number of rotatable bonds is 4. The molecule has 0 aromatic heterocycles. The number of hydrogen-bond donors (Lipinski definition) is 1. The molecule has 1 aromatic carbocycles. The van der Waals surface area contributed by atoms with Crippen molar-refractivity contribution in [1.82, 2.24) is 9.80 Å². The number of carbonyl (C=O) groups excluding carboxylic acids is 1. The maximum absolute atomic E-state index is 12.2. The van der Waals surface area contributed by atoms with Crippen LogP contribution in [0, 0.1) is 0 Å². The molecule has 1 heterocycles. The summed E-state index contributed by atoms with van der Waals surface area (Å²) in [5, 5.41) is 0. The number of hydrogen-bond acceptors (Lipinski definition) is 3. The number of thiocarbonyl (C=S) groups is 1. The van der Waals surface area contributed by atoms with Gasteiger partial charge in [0.1, 0.15) is 0 Å². The van der Waals surface area contributed by atoms with Crippen molar-refractivity contribution < 1.29 is 4.79 Å². The summed E-state index contributed by atoms with van der Waals surface area (Å²) in [4.78, 5) is 16.9. The molecule has 20 heavy (non-hydrogen) atoms. The second-order valence-corrected chi connectivity index (χ2v) is 5.63. The van der Waals surface area contributed by atoms with Gasteiger partial charge in [0.05, 0.1) is 17.5 Å². The van der Waals surface area contributed by atoms with Crippen molar-refractivity contribution >= 4 is 23.1 Å². The van der Waals surface area contributed by atoms with Gasteiger partial charge in [-0.2, -0.15) is 0 Å². The summed E-state index contributed by atoms with van der Waals surface area (Å²) in [5.41, 5.74) is 6.74. The minimum Gasteiger partial charge on any atom is -0.392 e. The Kier molecular flexibility index (Phi) is 5.09. The molecule has 2 rings (SSSR count). The van der Waals surface area contributed by atoms with Crippen LogP contribution in [0.3, 0.4) is 0 Å². The Bertz CT molecular complexity index is 469. The fourth-order valence-corrected chi connectivity index (χ4v) is 2.57. The van der Waals surface area contributed by atoms with Gasteiger partial charge in [-0.15, -0.1) is 0 Å². The molecule has 1 aliphatic heterocycles. The van der Waals surface area contributed by atoms with E-state index in [1.807, 2.05) is 42.2 Å². The Labute approximate surface area is 125 Å². The van der Waals surface area contributed by atoms with Gasteiger partial charge in [-0.25, -0.2) is 0 Å². The molecule has 4 nitrogen and oxygen atoms in total. The van der Waals surface area contributed by atoms with Crippen molar-refractivity contribution in [3.05, 3.63) is 35.9 Å². The van der Waals surface area contributed by atoms with E-state index in [1.165, 1.54) is 0 Å². The van der Waals surface area contributed by atoms with Gasteiger partial charge in [-0.3, -0.25) is 9.69 Å². The summed E-state index contributed by atoms with van der Waals surface area (Å²) in [5.74, 6) is 0.193. The van der Waals surface area contributed by atoms with Gasteiger partial charge in [-0.1, -0.05) is 42.5 Å². The summed E-state index contributed by atoms with van der Waals surface area (Å²) in [6, 6.07) is 9.97. The smallest absolute Gasteiger partial charge is 0.227 e. The first-order chi connectivity index (χ1) is 9.58. The average Bonchev–Trinajstić information content (AvgIpc) is 2.47. The molecule has 1 fully saturated rings. The van der Waals surface area contributed by atoms with E-state index in [1.54, 1.807) is 0 Å². The zero-order chi connectivity index (χ0) is 14.5. The molecule has 1 atom stereocenters. The first-order valence-corrected chi connectivity index (χ1v) is 7.34. The van der Waals surface area contributed by atoms with Crippen molar-refractivity contribution in [2.24, 2.45) is 5.73 Å². The molecule has 1 saturated heterocycles. The van der Waals surface area contributed by atoms with Crippen molar-refractivity contribution in [3.63, 3.8) is 0 Å². The molecule has 5 heteroatoms. The second kappa shape index (κ2) is 6.81. The van der Waals surface area contributed by atoms with Crippen LogP contribution in [0.2, 0.25) is 0 Å². The van der Waals surface area contributed by atoms with Crippen LogP contribution >= 0.6 is 12.2 Å². The highest BCUT2D eigenvalue weighted by molar-refractivity contribution is 7.80. The molecule has 1 aromatic rings. The number of benzene rings is 1. The highest BCUT2D eigenvalue weighted by Crippen LogP contribution is 2.09. The summed E-state index contributed by atoms with van der Waals surface area (Å²) < 4.78 is 0. The molecule has 0 aliphatic carbocycles. The number of nitrogens with two attached hydrogens (primary N) is 1. The summed E-state index contributed by atoms with van der Waals surface area (Å²) in [6.07, 6.45) is 0.478. The molecular formula is C15H21N3OS. The summed E-state index contributed by atoms with van der Waals surface area (Å²) in [6.45, 7) is 5.18. The second-order valence-electron chi connectivity index (χ2n) is 5.16. The van der Waals surface area contributed by atoms with E-state index in [4.69, 9.17) is 18.0 Å². The first-order valence-electron chi connectivity index (χ1n) is 6.93. The van der Waals surface area contributed by atoms with Gasteiger partial charge in [-0.05, 0) is 12.5 Å². The molecule has 0 bridgehead atoms. The quantitative estimate of drug-likeness (QED) is 0.843. The van der Waals surface area contributed by atoms with Gasteiger partial charge >= 0.3 is 0 Å². The molecule has 1 unspecified atom stereocenters. The molecule has 0 spiro atoms. The van der Waals surface area contributed by atoms with Crippen molar-refractivity contribution in [1.29, 1.82) is 0 Å². The SMILES string of the molecule is CC(C(N)=S)N1CCN(C(=O)Cc2ccccc2)CC1. The molecule has 108 valence electrons. The Balaban J connectivity index is 1.84. The third kappa shape index (κ3) is 3.77. The van der Waals surface area contributed by atoms with Crippen LogP contribution in [0.5, 0.6) is 0 Å². The van der Waals surface area contributed by atoms with Gasteiger partial charge < -0.3 is 10.6 Å². The summed E-state index contributed by atoms with van der Waals surface area (Å²) in [7, 11) is 0. The average molecular weight is 291 g/mol. The molecule has 0 radical (unpaired) electrons. The lowest BCUT2D eigenvalue weighted by Gasteiger charge is -2.37. The number of carbonyl (C=O) groups is 1. The van der Waals surface area contributed by atoms with Crippen molar-refractivity contribution in [2.45, 2.75) is 19.4 Å². The predicted molar refractivity (Wildman–Crippen MR) is 84.5 cm³/mol. The van der Waals surface area contributed by atoms with Crippen LogP contribution in [0.4, 0.5) is 0 Å². The molecular weight excluding hydrogens is 270 g/mol. The third-order valence-electron chi connectivity index (χ3n) is 3.82. The van der Waals surface area contributed by atoms with Crippen LogP contribution in [0.1, 0.15) is 12.5 Å². The highest BCUT2D eigenvalue weighted by atomic mass is 32.1. The van der Waals surface area contributed by atoms with Crippen LogP contribution in [0.25, 0.3) is 0 Å². The number of amides is 1. The van der Waals surface area contributed by atoms with Crippen LogP contribution in [0.15, 0.2) is 30.3 Å². The Hall–Kier alpha value is -1.46. The maximum Gasteiger partial charge on any atom is 0.227 e. The van der Waals surface area contributed by atoms with Crippen LogP contribution in [-0.2, 0) is 11.2 Å². The zero-order valence-corrected chi connectivity index (χ0v) is 12.6. The molecule has 1 aliphatic rings. The van der Waals surface area contributed by atoms with Crippen LogP contribution in [-0.4, -0.2) is 52.9 Å². The van der Waals surface area contributed by atoms with E-state index < -0.39 is 0 Å². The highest BCUT2D eigenvalue weighted by Gasteiger charge is 2.24. The third-order valence-corrected chi connectivity index (χ3v) is 4.17. The zero-order valence-electron chi connectivity index (χ0n) is 11.8. The lowest BCUT2D eigenvalue weighted by Crippen LogP contribution is -2.54. The van der Waals surface area contributed by atoms with Crippen molar-refractivity contribution in [2.75, 3.05) is 26.2 Å². The summed E-state index contributed by atoms with van der Waals surface area (Å²) >= 11 is 5.02. The number of piperazine rings is 1. The first kappa shape index (κ1) is 14.9. The monoisotopic (exact) mass is 291 g/mol. The van der Waals surface area contributed by atoms with E-state index in [0.717, 1.165) is 31.7 Å². The minimum atomic E-state index is 0.108. The predicted octanol–water partition coefficient (Wildman–Crippen LogP) is 1.05. The van der Waals surface area contributed by atoms with E-state index in [0.29, 0.717) is 11.4 Å². The molecule has 1 amide bonds. The minimum absolute atomic E-state index is 0.108. The lowest BCUT2D eigenvalue weighted by atomic mass is 10.1. The fraction of sp³-hybridized carbons (Fsp3) is 0.467. The standard InChI is InChI=1S/C15H21N3OS/c1-12(15(16)20)17-7-9-18(10-8-17)14(19)11-13-5-3-2-4-6-13/h2-6,12H,7-11H2,1H3,(H2,16,20). The Morgan fingerprint density at radius 1 is 1.25 bits per heavy atom. The fourth-order valence-electron chi connectivity index (χ4n) is 2.42. The molecule has 2 N–H and O–H groups in total. The van der Waals surface area contributed by atoms with Gasteiger partial charge in [0, 0.05) is 26.2 Å². The van der Waals surface area contributed by atoms with Gasteiger partial charge in [0.15, 0.2) is 0 Å². The van der Waals surface area contributed by atoms with Crippen molar-refractivity contribution in [3.8, 4) is 0 Å². The maximum atomic E-state index is 12.2. The Morgan fingerprint density at radius 3 is 2.40 bits per heavy atom. The topological polar surface area (TPSA) is 49.6 Å².